The highest BCUT2D eigenvalue weighted by Crippen LogP contribution is 2.44. The van der Waals surface area contributed by atoms with Crippen molar-refractivity contribution in [2.45, 2.75) is 406 Å². The first-order chi connectivity index (χ1) is 69.7. The molecule has 67 heteroatoms. The summed E-state index contributed by atoms with van der Waals surface area (Å²) in [5.74, 6) is -0.938. The molecular weight excluding hydrogens is 2030 g/mol. The van der Waals surface area contributed by atoms with E-state index in [1.54, 1.807) is 0 Å². The van der Waals surface area contributed by atoms with Gasteiger partial charge in [-0.2, -0.15) is 0 Å². The van der Waals surface area contributed by atoms with Gasteiger partial charge in [-0.05, 0) is 0 Å². The zero-order valence-electron chi connectivity index (χ0n) is 77.2. The molecule has 1 amide bonds. The maximum atomic E-state index is 12.8. The minimum Gasteiger partial charge on any atom is -0.394 e. The summed E-state index contributed by atoms with van der Waals surface area (Å²) in [4.78, 5) is 12.6. The lowest BCUT2D eigenvalue weighted by molar-refractivity contribution is -0.413. The van der Waals surface area contributed by atoms with Crippen LogP contribution in [0.15, 0.2) is 0 Å². The van der Waals surface area contributed by atoms with E-state index in [0.29, 0.717) is 0 Å². The second-order valence-electron chi connectivity index (χ2n) is 37.2. The summed E-state index contributed by atoms with van der Waals surface area (Å²) in [5, 5.41) is 450. The van der Waals surface area contributed by atoms with Gasteiger partial charge in [0.05, 0.1) is 85.9 Å². The SMILES string of the molecule is CC(=O)N[C@H]1C(O)O[C@H](CO)[C@@H](O[C@@H]2O[C@H](CO[C@H]3O[C@H](CO[C@H]4O[C@H](CO)[C@@H](O)[C@H](O)[C@@H]4O[C@H]4O[C@H](CO)[C@@H](O)[C@H](O)[C@@H]4O)[C@@H](O)[C@H](O[C@H]4O[C@H](CO)[C@@H](O)[C@H](O)[C@@H]4O[C@H]4O[C@H](CO)[C@@H](O)[C@H](O)[C@@H]4O)[C@@H]3O)[C@@H](O)[C@H](O[C@H]3O[C@H](CO)[C@@H](O)[C@H](O)[C@@H]3O[C@H]3O[C@H](CO)[C@@H](O)[C@H](O)[C@@H]3O[C@H]3O[C@H](CO)[C@@H](O)[C@@H](O[C@H]4O[C@H](CO)[C@@H](O)[C@H](O[C@H]5O[C@H](CO)[C@@H](O)[C@H](O)[C@H]5O[C@H]5O[C@H](CO)[C@@H](O)[C@H](O)[C@H]5O)[C@H]4O)[C@@H]3O)[C@@H]2O)[C@@H]1O. The number of aliphatic hydroxyl groups is 40. The molecule has 856 valence electrons. The summed E-state index contributed by atoms with van der Waals surface area (Å²) < 4.78 is 147. The van der Waals surface area contributed by atoms with Gasteiger partial charge in [0, 0.05) is 6.92 Å². The van der Waals surface area contributed by atoms with E-state index in [1.165, 1.54) is 0 Å². The number of hydrogen-bond donors (Lipinski definition) is 41. The van der Waals surface area contributed by atoms with Gasteiger partial charge in [0.1, 0.15) is 317 Å². The van der Waals surface area contributed by atoms with Crippen molar-refractivity contribution >= 4 is 5.91 Å². The van der Waals surface area contributed by atoms with Gasteiger partial charge < -0.3 is 328 Å². The van der Waals surface area contributed by atoms with Crippen LogP contribution >= 0.6 is 0 Å². The third kappa shape index (κ3) is 25.6. The number of amides is 1. The quantitative estimate of drug-likeness (QED) is 0.0273. The Balaban J connectivity index is 0.805. The third-order valence-corrected chi connectivity index (χ3v) is 27.6. The molecule has 0 aromatic carbocycles. The lowest BCUT2D eigenvalue weighted by Gasteiger charge is -2.51. The summed E-state index contributed by atoms with van der Waals surface area (Å²) in [7, 11) is 0. The molecule has 0 bridgehead atoms. The summed E-state index contributed by atoms with van der Waals surface area (Å²) in [5.41, 5.74) is 0. The summed E-state index contributed by atoms with van der Waals surface area (Å²) >= 11 is 0. The van der Waals surface area contributed by atoms with Crippen molar-refractivity contribution in [3.05, 3.63) is 0 Å². The third-order valence-electron chi connectivity index (χ3n) is 27.6. The minimum absolute atomic E-state index is 0.922. The Bertz CT molecular complexity index is 3940. The van der Waals surface area contributed by atoms with Crippen LogP contribution in [0, 0.1) is 0 Å². The van der Waals surface area contributed by atoms with E-state index in [4.69, 9.17) is 118 Å². The molecule has 13 rings (SSSR count). The standard InChI is InChI=1S/C80H135NO66/c1-15(93)81-29-42(106)58(26(12-92)125-68(29)122)138-75-57(121)62(41(105)28(137-75)13-123-69-54(118)61(141-78-65(48(112)35(99)21(7-87)133-78)145-72-53(117)45(109)32(96)18(4-84)128-72)40(104)27(136-69)14-124-76-63(46(110)33(97)19(5-85)131-76)143-70-51(115)43(107)30(94)16(2-82)126-70)142-79-67(50(114)37(101)22(8-88)134-79)147-80-66(49(113)36(100)23(9-89)135-80)146-74-55(119)59(38(102)24(10-90)130-74)139-73-56(120)60(39(103)25(11-91)129-73)140-77-64(47(111)34(98)20(6-86)132-77)144-71-52(116)44(108)31(95)17(3-83)127-71/h16-80,82-92,94-122H,2-14H2,1H3,(H,81,93)/t16-,17-,18-,19-,20-,21-,22-,23-,24-,25-,26-,27-,28-,29-,30-,31-,32-,33-,34-,35-,36-,37-,38-,39-,40-,41-,42-,43+,44+,45+,46+,47+,48+,49+,50+,51+,52-,53+,54+,55+,56-,57+,58-,59-,60+,61+,62+,63+,64-,65+,66+,67+,68?,69+,70-,71-,72-,73-,74-,75+,76+,77-,78-,79-,80-/m1/s1. The van der Waals surface area contributed by atoms with Crippen LogP contribution in [-0.2, 0) is 123 Å². The Hall–Kier alpha value is -3.13. The highest BCUT2D eigenvalue weighted by molar-refractivity contribution is 5.73. The fourth-order valence-corrected chi connectivity index (χ4v) is 19.0. The van der Waals surface area contributed by atoms with Crippen molar-refractivity contribution in [1.82, 2.24) is 5.32 Å². The topological polar surface area (TPSA) is 1070 Å². The number of nitrogens with one attached hydrogen (secondary N) is 1. The maximum Gasteiger partial charge on any atom is 0.217 e. The van der Waals surface area contributed by atoms with Crippen LogP contribution in [-0.4, -0.2) is 695 Å². The van der Waals surface area contributed by atoms with E-state index in [0.717, 1.165) is 6.92 Å². The van der Waals surface area contributed by atoms with Crippen LogP contribution in [0.2, 0.25) is 0 Å². The second-order valence-corrected chi connectivity index (χ2v) is 37.2. The highest BCUT2D eigenvalue weighted by atomic mass is 16.8. The normalized spacial score (nSPS) is 52.9. The Morgan fingerprint density at radius 1 is 0.177 bits per heavy atom. The minimum atomic E-state index is -2.70. The molecule has 65 atom stereocenters. The fraction of sp³-hybridized carbons (Fsp3) is 0.988. The van der Waals surface area contributed by atoms with Gasteiger partial charge in [-0.1, -0.05) is 0 Å². The van der Waals surface area contributed by atoms with Crippen molar-refractivity contribution in [1.29, 1.82) is 0 Å². The van der Waals surface area contributed by atoms with Crippen LogP contribution in [0.1, 0.15) is 6.92 Å². The number of ether oxygens (including phenoxy) is 25. The molecule has 67 nitrogen and oxygen atoms in total. The van der Waals surface area contributed by atoms with E-state index < -0.39 is 491 Å². The van der Waals surface area contributed by atoms with Gasteiger partial charge in [0.25, 0.3) is 0 Å². The number of carbonyl (C=O) groups excluding carboxylic acids is 1. The summed E-state index contributed by atoms with van der Waals surface area (Å²) in [6, 6.07) is -1.90. The van der Waals surface area contributed by atoms with Crippen LogP contribution in [0.4, 0.5) is 0 Å². The number of aliphatic hydroxyl groups excluding tert-OH is 40. The smallest absolute Gasteiger partial charge is 0.217 e. The average Bonchev–Trinajstić information content (AvgIpc) is 0.795. The van der Waals surface area contributed by atoms with Crippen molar-refractivity contribution in [2.24, 2.45) is 0 Å². The Morgan fingerprint density at radius 2 is 0.361 bits per heavy atom. The molecular formula is C80H135NO66. The van der Waals surface area contributed by atoms with E-state index in [9.17, 15) is 209 Å². The molecule has 13 fully saturated rings. The van der Waals surface area contributed by atoms with Crippen LogP contribution in [0.25, 0.3) is 0 Å². The van der Waals surface area contributed by atoms with Crippen molar-refractivity contribution < 1.29 is 327 Å². The first-order valence-electron chi connectivity index (χ1n) is 46.7. The number of hydrogen-bond acceptors (Lipinski definition) is 66. The molecule has 0 spiro atoms. The molecule has 1 unspecified atom stereocenters. The van der Waals surface area contributed by atoms with Crippen molar-refractivity contribution in [3.8, 4) is 0 Å². The molecule has 0 saturated carbocycles. The predicted molar refractivity (Wildman–Crippen MR) is 439 cm³/mol. The Morgan fingerprint density at radius 3 is 0.633 bits per heavy atom. The van der Waals surface area contributed by atoms with Crippen molar-refractivity contribution in [2.75, 3.05) is 85.9 Å². The van der Waals surface area contributed by atoms with E-state index in [-0.39, 0.29) is 0 Å². The van der Waals surface area contributed by atoms with Gasteiger partial charge >= 0.3 is 0 Å². The molecule has 0 aromatic heterocycles. The van der Waals surface area contributed by atoms with Crippen LogP contribution in [0.3, 0.4) is 0 Å². The number of rotatable bonds is 38. The molecule has 41 N–H and O–H groups in total. The van der Waals surface area contributed by atoms with Gasteiger partial charge in [-0.15, -0.1) is 0 Å². The molecule has 147 heavy (non-hydrogen) atoms. The molecule has 0 radical (unpaired) electrons. The lowest BCUT2D eigenvalue weighted by atomic mass is 9.94. The van der Waals surface area contributed by atoms with Gasteiger partial charge in [-0.25, -0.2) is 0 Å². The van der Waals surface area contributed by atoms with Gasteiger partial charge in [0.15, 0.2) is 81.8 Å². The largest absolute Gasteiger partial charge is 0.394 e. The first kappa shape index (κ1) is 121. The molecule has 13 saturated heterocycles. The first-order valence-corrected chi connectivity index (χ1v) is 46.7. The predicted octanol–water partition coefficient (Wildman–Crippen LogP) is -29.2. The molecule has 13 aliphatic rings. The molecule has 13 aliphatic heterocycles. The molecule has 0 aliphatic carbocycles. The zero-order chi connectivity index (χ0) is 108. The Kier molecular flexibility index (Phi) is 43.2. The Labute approximate surface area is 828 Å². The number of carbonyl (C=O) groups is 1. The summed E-state index contributed by atoms with van der Waals surface area (Å²) in [6.07, 6.45) is -145. The molecule has 0 aromatic rings. The second kappa shape index (κ2) is 52.6. The van der Waals surface area contributed by atoms with Crippen LogP contribution in [0.5, 0.6) is 0 Å². The van der Waals surface area contributed by atoms with E-state index in [1.807, 2.05) is 0 Å². The summed E-state index contributed by atoms with van der Waals surface area (Å²) in [6.45, 7) is -14.6. The van der Waals surface area contributed by atoms with Gasteiger partial charge in [0.2, 0.25) is 5.91 Å². The molecule has 13 heterocycles. The van der Waals surface area contributed by atoms with Crippen LogP contribution < -0.4 is 5.32 Å². The van der Waals surface area contributed by atoms with E-state index >= 15 is 0 Å². The maximum absolute atomic E-state index is 12.8. The fourth-order valence-electron chi connectivity index (χ4n) is 19.0. The van der Waals surface area contributed by atoms with E-state index in [2.05, 4.69) is 5.32 Å². The average molecular weight is 2170 g/mol. The van der Waals surface area contributed by atoms with Crippen molar-refractivity contribution in [3.63, 3.8) is 0 Å². The zero-order valence-corrected chi connectivity index (χ0v) is 77.2. The van der Waals surface area contributed by atoms with Gasteiger partial charge in [-0.3, -0.25) is 4.79 Å². The monoisotopic (exact) mass is 2170 g/mol. The lowest BCUT2D eigenvalue weighted by Crippen LogP contribution is -2.69. The highest BCUT2D eigenvalue weighted by Gasteiger charge is 2.64.